The molecule has 2 aromatic heterocycles. The summed E-state index contributed by atoms with van der Waals surface area (Å²) in [5.41, 5.74) is 8.48. The number of benzene rings is 8. The van der Waals surface area contributed by atoms with Crippen LogP contribution in [0.15, 0.2) is 176 Å². The summed E-state index contributed by atoms with van der Waals surface area (Å²) in [7, 11) is 0. The molecule has 0 unspecified atom stereocenters. The minimum Gasteiger partial charge on any atom is -0.308 e. The van der Waals surface area contributed by atoms with Gasteiger partial charge >= 0.3 is 0 Å². The highest BCUT2D eigenvalue weighted by Crippen LogP contribution is 2.49. The highest BCUT2D eigenvalue weighted by molar-refractivity contribution is 7.27. The van der Waals surface area contributed by atoms with E-state index in [1.54, 1.807) is 0 Å². The van der Waals surface area contributed by atoms with Gasteiger partial charge in [0.15, 0.2) is 0 Å². The molecule has 0 bridgehead atoms. The van der Waals surface area contributed by atoms with Gasteiger partial charge in [0, 0.05) is 36.6 Å². The lowest BCUT2D eigenvalue weighted by molar-refractivity contribution is 1.32. The molecule has 0 saturated carbocycles. The van der Waals surface area contributed by atoms with E-state index < -0.39 is 0 Å². The monoisotopic (exact) mass is 659 g/mol. The van der Waals surface area contributed by atoms with Crippen LogP contribution >= 0.6 is 22.7 Å². The Hall–Kier alpha value is -5.74. The summed E-state index contributed by atoms with van der Waals surface area (Å²) in [4.78, 5) is 2.48. The Balaban J connectivity index is 1.20. The number of hydrogen-bond acceptors (Lipinski definition) is 3. The Morgan fingerprint density at radius 1 is 0.347 bits per heavy atom. The van der Waals surface area contributed by atoms with Crippen molar-refractivity contribution < 1.29 is 0 Å². The molecule has 10 aromatic rings. The summed E-state index contributed by atoms with van der Waals surface area (Å²) in [6.07, 6.45) is 0. The zero-order chi connectivity index (χ0) is 32.3. The molecule has 0 atom stereocenters. The largest absolute Gasteiger partial charge is 0.308 e. The standard InChI is InChI=1S/C46H29NS2/c1-2-13-32(14-3-1)44-34-15-5-4-12-30(34)26-29-35(44)31-24-27-33(28-25-31)47(40-20-10-18-38-36-16-6-8-22-42(36)48-45(38)40)41-21-11-19-39-37-17-7-9-23-43(37)49-46(39)41/h1-29H. The molecule has 0 aliphatic heterocycles. The summed E-state index contributed by atoms with van der Waals surface area (Å²) in [6, 6.07) is 64.3. The second kappa shape index (κ2) is 11.5. The Morgan fingerprint density at radius 2 is 0.878 bits per heavy atom. The Morgan fingerprint density at radius 3 is 1.51 bits per heavy atom. The van der Waals surface area contributed by atoms with Crippen molar-refractivity contribution in [2.75, 3.05) is 4.90 Å². The van der Waals surface area contributed by atoms with E-state index in [4.69, 9.17) is 0 Å². The van der Waals surface area contributed by atoms with E-state index >= 15 is 0 Å². The van der Waals surface area contributed by atoms with E-state index in [-0.39, 0.29) is 0 Å². The van der Waals surface area contributed by atoms with Crippen LogP contribution in [0.2, 0.25) is 0 Å². The maximum absolute atomic E-state index is 2.48. The Kier molecular flexibility index (Phi) is 6.61. The molecule has 10 rings (SSSR count). The minimum absolute atomic E-state index is 1.14. The Bertz CT molecular complexity index is 2710. The van der Waals surface area contributed by atoms with Gasteiger partial charge in [0.25, 0.3) is 0 Å². The first-order valence-electron chi connectivity index (χ1n) is 16.6. The van der Waals surface area contributed by atoms with Gasteiger partial charge in [-0.05, 0) is 69.4 Å². The molecule has 0 aliphatic rings. The molecule has 230 valence electrons. The summed E-state index contributed by atoms with van der Waals surface area (Å²) in [6.45, 7) is 0. The number of fused-ring (bicyclic) bond motifs is 7. The molecule has 0 amide bonds. The van der Waals surface area contributed by atoms with Crippen molar-refractivity contribution in [3.8, 4) is 22.3 Å². The molecule has 0 N–H and O–H groups in total. The molecule has 0 aliphatic carbocycles. The minimum atomic E-state index is 1.14. The first kappa shape index (κ1) is 28.3. The van der Waals surface area contributed by atoms with Crippen molar-refractivity contribution in [3.05, 3.63) is 176 Å². The number of thiophene rings is 2. The predicted molar refractivity (Wildman–Crippen MR) is 215 cm³/mol. The van der Waals surface area contributed by atoms with Crippen molar-refractivity contribution in [1.82, 2.24) is 0 Å². The third kappa shape index (κ3) is 4.58. The smallest absolute Gasteiger partial charge is 0.0640 e. The van der Waals surface area contributed by atoms with E-state index in [9.17, 15) is 0 Å². The summed E-state index contributed by atoms with van der Waals surface area (Å²) in [5.74, 6) is 0. The Labute approximate surface area is 292 Å². The van der Waals surface area contributed by atoms with Crippen LogP contribution in [0, 0.1) is 0 Å². The van der Waals surface area contributed by atoms with Crippen LogP contribution in [-0.4, -0.2) is 0 Å². The van der Waals surface area contributed by atoms with Crippen LogP contribution in [-0.2, 0) is 0 Å². The topological polar surface area (TPSA) is 3.24 Å². The number of anilines is 3. The second-order valence-corrected chi connectivity index (χ2v) is 14.6. The maximum Gasteiger partial charge on any atom is 0.0640 e. The second-order valence-electron chi connectivity index (χ2n) is 12.5. The molecule has 0 radical (unpaired) electrons. The van der Waals surface area contributed by atoms with Crippen LogP contribution < -0.4 is 4.90 Å². The molecule has 0 spiro atoms. The fourth-order valence-corrected chi connectivity index (χ4v) is 9.86. The highest BCUT2D eigenvalue weighted by atomic mass is 32.1. The van der Waals surface area contributed by atoms with E-state index in [2.05, 4.69) is 181 Å². The summed E-state index contributed by atoms with van der Waals surface area (Å²) >= 11 is 3.76. The molecule has 2 heterocycles. The molecular formula is C46H29NS2. The van der Waals surface area contributed by atoms with Gasteiger partial charge < -0.3 is 4.90 Å². The van der Waals surface area contributed by atoms with Gasteiger partial charge in [-0.3, -0.25) is 0 Å². The maximum atomic E-state index is 2.48. The lowest BCUT2D eigenvalue weighted by Gasteiger charge is -2.27. The van der Waals surface area contributed by atoms with Gasteiger partial charge in [0.05, 0.1) is 20.8 Å². The fourth-order valence-electron chi connectivity index (χ4n) is 7.44. The van der Waals surface area contributed by atoms with Crippen LogP contribution in [0.4, 0.5) is 17.1 Å². The van der Waals surface area contributed by atoms with Gasteiger partial charge in [-0.25, -0.2) is 0 Å². The number of nitrogens with zero attached hydrogens (tertiary/aromatic N) is 1. The van der Waals surface area contributed by atoms with E-state index in [1.165, 1.54) is 84.7 Å². The van der Waals surface area contributed by atoms with Crippen LogP contribution in [0.1, 0.15) is 0 Å². The van der Waals surface area contributed by atoms with Crippen LogP contribution in [0.5, 0.6) is 0 Å². The SMILES string of the molecule is c1ccc(-c2c(-c3ccc(N(c4cccc5c4sc4ccccc45)c4cccc5c4sc4ccccc45)cc3)ccc3ccccc23)cc1. The van der Waals surface area contributed by atoms with Crippen LogP contribution in [0.3, 0.4) is 0 Å². The lowest BCUT2D eigenvalue weighted by Crippen LogP contribution is -2.10. The first-order chi connectivity index (χ1) is 24.3. The van der Waals surface area contributed by atoms with Crippen molar-refractivity contribution in [1.29, 1.82) is 0 Å². The van der Waals surface area contributed by atoms with E-state index in [0.717, 1.165) is 5.69 Å². The zero-order valence-corrected chi connectivity index (χ0v) is 28.1. The average molecular weight is 660 g/mol. The van der Waals surface area contributed by atoms with E-state index in [0.29, 0.717) is 0 Å². The molecule has 49 heavy (non-hydrogen) atoms. The molecule has 0 saturated heterocycles. The normalized spacial score (nSPS) is 11.7. The molecule has 3 heteroatoms. The van der Waals surface area contributed by atoms with E-state index in [1.807, 2.05) is 22.7 Å². The first-order valence-corrected chi connectivity index (χ1v) is 18.2. The zero-order valence-electron chi connectivity index (χ0n) is 26.5. The number of hydrogen-bond donors (Lipinski definition) is 0. The quantitative estimate of drug-likeness (QED) is 0.178. The van der Waals surface area contributed by atoms with Crippen molar-refractivity contribution in [3.63, 3.8) is 0 Å². The number of rotatable bonds is 5. The molecule has 8 aromatic carbocycles. The third-order valence-electron chi connectivity index (χ3n) is 9.68. The summed E-state index contributed by atoms with van der Waals surface area (Å²) in [5, 5.41) is 7.73. The highest BCUT2D eigenvalue weighted by Gasteiger charge is 2.22. The van der Waals surface area contributed by atoms with Gasteiger partial charge in [-0.1, -0.05) is 140 Å². The van der Waals surface area contributed by atoms with Crippen molar-refractivity contribution >= 4 is 90.9 Å². The summed E-state index contributed by atoms with van der Waals surface area (Å²) < 4.78 is 5.22. The van der Waals surface area contributed by atoms with Gasteiger partial charge in [-0.15, -0.1) is 22.7 Å². The van der Waals surface area contributed by atoms with Crippen molar-refractivity contribution in [2.24, 2.45) is 0 Å². The predicted octanol–water partition coefficient (Wildman–Crippen LogP) is 14.4. The molecule has 0 fully saturated rings. The fraction of sp³-hybridized carbons (Fsp3) is 0. The average Bonchev–Trinajstić information content (AvgIpc) is 3.75. The molecular weight excluding hydrogens is 631 g/mol. The third-order valence-corrected chi connectivity index (χ3v) is 12.1. The van der Waals surface area contributed by atoms with Gasteiger partial charge in [0.1, 0.15) is 0 Å². The lowest BCUT2D eigenvalue weighted by atomic mass is 9.90. The van der Waals surface area contributed by atoms with Gasteiger partial charge in [0.2, 0.25) is 0 Å². The van der Waals surface area contributed by atoms with Crippen molar-refractivity contribution in [2.45, 2.75) is 0 Å². The molecule has 1 nitrogen and oxygen atoms in total. The van der Waals surface area contributed by atoms with Crippen LogP contribution in [0.25, 0.3) is 73.4 Å². The van der Waals surface area contributed by atoms with Gasteiger partial charge in [-0.2, -0.15) is 0 Å².